The maximum atomic E-state index is 11.6. The van der Waals surface area contributed by atoms with Crippen molar-refractivity contribution in [1.29, 1.82) is 0 Å². The van der Waals surface area contributed by atoms with Gasteiger partial charge in [0, 0.05) is 5.92 Å². The van der Waals surface area contributed by atoms with Gasteiger partial charge >= 0.3 is 5.97 Å². The predicted molar refractivity (Wildman–Crippen MR) is 88.3 cm³/mol. The van der Waals surface area contributed by atoms with Gasteiger partial charge in [-0.25, -0.2) is 0 Å². The molecule has 0 bridgehead atoms. The molecule has 1 aromatic carbocycles. The van der Waals surface area contributed by atoms with Crippen LogP contribution in [0.15, 0.2) is 43.0 Å². The molecule has 2 heteroatoms. The van der Waals surface area contributed by atoms with E-state index >= 15 is 0 Å². The Kier molecular flexibility index (Phi) is 7.21. The third-order valence-corrected chi connectivity index (χ3v) is 3.52. The molecule has 0 N–H and O–H groups in total. The molecule has 1 rings (SSSR count). The number of allylic oxidation sites excluding steroid dienone is 1. The van der Waals surface area contributed by atoms with Crippen molar-refractivity contribution in [1.82, 2.24) is 0 Å². The van der Waals surface area contributed by atoms with E-state index in [0.717, 1.165) is 25.7 Å². The van der Waals surface area contributed by atoms with Crippen LogP contribution >= 0.6 is 0 Å². The fraction of sp³-hybridized carbons (Fsp3) is 0.526. The van der Waals surface area contributed by atoms with Gasteiger partial charge in [-0.05, 0) is 39.2 Å². The van der Waals surface area contributed by atoms with Crippen LogP contribution in [-0.4, -0.2) is 12.6 Å². The second kappa shape index (κ2) is 8.66. The maximum absolute atomic E-state index is 11.6. The van der Waals surface area contributed by atoms with Crippen molar-refractivity contribution in [2.45, 2.75) is 52.4 Å². The highest BCUT2D eigenvalue weighted by atomic mass is 16.5. The number of hydrogen-bond donors (Lipinski definition) is 0. The Labute approximate surface area is 129 Å². The summed E-state index contributed by atoms with van der Waals surface area (Å²) in [5.74, 6) is 0.305. The Balaban J connectivity index is 2.19. The lowest BCUT2D eigenvalue weighted by Crippen LogP contribution is -2.23. The molecule has 1 unspecified atom stereocenters. The number of hydrogen-bond acceptors (Lipinski definition) is 2. The summed E-state index contributed by atoms with van der Waals surface area (Å²) in [6.07, 6.45) is 6.25. The third-order valence-electron chi connectivity index (χ3n) is 3.52. The third kappa shape index (κ3) is 6.61. The molecule has 21 heavy (non-hydrogen) atoms. The average Bonchev–Trinajstić information content (AvgIpc) is 2.46. The van der Waals surface area contributed by atoms with Gasteiger partial charge in [-0.1, -0.05) is 49.2 Å². The second-order valence-electron chi connectivity index (χ2n) is 6.49. The van der Waals surface area contributed by atoms with Crippen molar-refractivity contribution in [3.63, 3.8) is 0 Å². The summed E-state index contributed by atoms with van der Waals surface area (Å²) in [6.45, 7) is 10.1. The van der Waals surface area contributed by atoms with E-state index in [4.69, 9.17) is 4.74 Å². The molecule has 0 heterocycles. The fourth-order valence-corrected chi connectivity index (χ4v) is 2.15. The number of ether oxygens (including phenoxy) is 1. The molecule has 0 saturated carbocycles. The van der Waals surface area contributed by atoms with Crippen LogP contribution < -0.4 is 0 Å². The monoisotopic (exact) mass is 288 g/mol. The molecular formula is C19H28O2. The Morgan fingerprint density at radius 2 is 1.86 bits per heavy atom. The van der Waals surface area contributed by atoms with E-state index in [9.17, 15) is 4.79 Å². The molecule has 0 amide bonds. The van der Waals surface area contributed by atoms with Gasteiger partial charge in [-0.2, -0.15) is 0 Å². The largest absolute Gasteiger partial charge is 0.465 e. The van der Waals surface area contributed by atoms with Crippen molar-refractivity contribution in [3.8, 4) is 0 Å². The first kappa shape index (κ1) is 17.5. The van der Waals surface area contributed by atoms with Crippen LogP contribution in [0.5, 0.6) is 0 Å². The molecular weight excluding hydrogens is 260 g/mol. The maximum Gasteiger partial charge on any atom is 0.311 e. The minimum absolute atomic E-state index is 0.115. The van der Waals surface area contributed by atoms with Crippen LogP contribution in [0.2, 0.25) is 0 Å². The van der Waals surface area contributed by atoms with Crippen molar-refractivity contribution in [2.24, 2.45) is 5.41 Å². The highest BCUT2D eigenvalue weighted by Gasteiger charge is 2.22. The molecule has 0 aliphatic carbocycles. The van der Waals surface area contributed by atoms with Crippen LogP contribution in [0, 0.1) is 5.41 Å². The zero-order chi connectivity index (χ0) is 15.7. The van der Waals surface area contributed by atoms with Crippen molar-refractivity contribution >= 4 is 5.97 Å². The Bertz CT molecular complexity index is 429. The highest BCUT2D eigenvalue weighted by Crippen LogP contribution is 2.23. The SMILES string of the molecule is C=CC(CCCCCOC(=O)C(C)(C)C)c1ccccc1. The number of carbonyl (C=O) groups excluding carboxylic acids is 1. The Morgan fingerprint density at radius 3 is 2.43 bits per heavy atom. The zero-order valence-electron chi connectivity index (χ0n) is 13.6. The molecule has 0 fully saturated rings. The normalized spacial score (nSPS) is 12.7. The average molecular weight is 288 g/mol. The molecule has 0 spiro atoms. The standard InChI is InChI=1S/C19H28O2/c1-5-16(17-13-8-6-9-14-17)12-10-7-11-15-21-18(20)19(2,3)4/h5-6,8-9,13-14,16H,1,7,10-12,15H2,2-4H3. The summed E-state index contributed by atoms with van der Waals surface area (Å²) in [5, 5.41) is 0. The first-order chi connectivity index (χ1) is 9.95. The van der Waals surface area contributed by atoms with Gasteiger partial charge in [0.25, 0.3) is 0 Å². The van der Waals surface area contributed by atoms with Crippen molar-refractivity contribution < 1.29 is 9.53 Å². The van der Waals surface area contributed by atoms with Crippen LogP contribution in [0.3, 0.4) is 0 Å². The first-order valence-electron chi connectivity index (χ1n) is 7.80. The number of carbonyl (C=O) groups is 1. The first-order valence-corrected chi connectivity index (χ1v) is 7.80. The number of benzene rings is 1. The minimum atomic E-state index is -0.402. The van der Waals surface area contributed by atoms with Gasteiger partial charge in [0.15, 0.2) is 0 Å². The summed E-state index contributed by atoms with van der Waals surface area (Å²) < 4.78 is 5.27. The van der Waals surface area contributed by atoms with E-state index in [1.54, 1.807) is 0 Å². The summed E-state index contributed by atoms with van der Waals surface area (Å²) in [4.78, 5) is 11.6. The van der Waals surface area contributed by atoms with Crippen LogP contribution in [0.4, 0.5) is 0 Å². The van der Waals surface area contributed by atoms with E-state index in [0.29, 0.717) is 12.5 Å². The van der Waals surface area contributed by atoms with Crippen LogP contribution in [0.1, 0.15) is 57.9 Å². The Hall–Kier alpha value is -1.57. The van der Waals surface area contributed by atoms with E-state index in [1.165, 1.54) is 5.56 Å². The molecule has 1 atom stereocenters. The molecule has 0 radical (unpaired) electrons. The number of esters is 1. The molecule has 1 aromatic rings. The molecule has 0 saturated heterocycles. The van der Waals surface area contributed by atoms with Gasteiger partial charge in [-0.15, -0.1) is 6.58 Å². The molecule has 0 aliphatic rings. The van der Waals surface area contributed by atoms with E-state index in [1.807, 2.05) is 32.9 Å². The van der Waals surface area contributed by atoms with Gasteiger partial charge < -0.3 is 4.74 Å². The number of rotatable bonds is 8. The zero-order valence-corrected chi connectivity index (χ0v) is 13.6. The van der Waals surface area contributed by atoms with Crippen LogP contribution in [-0.2, 0) is 9.53 Å². The lowest BCUT2D eigenvalue weighted by atomic mass is 9.93. The summed E-state index contributed by atoms with van der Waals surface area (Å²) in [5.41, 5.74) is 0.924. The van der Waals surface area contributed by atoms with Gasteiger partial charge in [-0.3, -0.25) is 4.79 Å². The minimum Gasteiger partial charge on any atom is -0.465 e. The fourth-order valence-electron chi connectivity index (χ4n) is 2.15. The molecule has 0 aromatic heterocycles. The van der Waals surface area contributed by atoms with E-state index in [2.05, 4.69) is 30.8 Å². The quantitative estimate of drug-likeness (QED) is 0.377. The predicted octanol–water partition coefficient (Wildman–Crippen LogP) is 5.11. The topological polar surface area (TPSA) is 26.3 Å². The molecule has 0 aliphatic heterocycles. The summed E-state index contributed by atoms with van der Waals surface area (Å²) in [7, 11) is 0. The van der Waals surface area contributed by atoms with Crippen molar-refractivity contribution in [3.05, 3.63) is 48.6 Å². The van der Waals surface area contributed by atoms with Gasteiger partial charge in [0.2, 0.25) is 0 Å². The lowest BCUT2D eigenvalue weighted by molar-refractivity contribution is -0.153. The Morgan fingerprint density at radius 1 is 1.19 bits per heavy atom. The lowest BCUT2D eigenvalue weighted by Gasteiger charge is -2.16. The van der Waals surface area contributed by atoms with Crippen molar-refractivity contribution in [2.75, 3.05) is 6.61 Å². The van der Waals surface area contributed by atoms with E-state index < -0.39 is 5.41 Å². The second-order valence-corrected chi connectivity index (χ2v) is 6.49. The van der Waals surface area contributed by atoms with E-state index in [-0.39, 0.29) is 5.97 Å². The smallest absolute Gasteiger partial charge is 0.311 e. The summed E-state index contributed by atoms with van der Waals surface area (Å²) >= 11 is 0. The number of unbranched alkanes of at least 4 members (excludes halogenated alkanes) is 2. The highest BCUT2D eigenvalue weighted by molar-refractivity contribution is 5.75. The molecule has 2 nitrogen and oxygen atoms in total. The van der Waals surface area contributed by atoms with Gasteiger partial charge in [0.1, 0.15) is 0 Å². The summed E-state index contributed by atoms with van der Waals surface area (Å²) in [6, 6.07) is 10.5. The van der Waals surface area contributed by atoms with Crippen LogP contribution in [0.25, 0.3) is 0 Å². The molecule has 116 valence electrons. The van der Waals surface area contributed by atoms with Gasteiger partial charge in [0.05, 0.1) is 12.0 Å².